The molecular formula is C14H28O5Si. The van der Waals surface area contributed by atoms with Crippen LogP contribution < -0.4 is 0 Å². The lowest BCUT2D eigenvalue weighted by Crippen LogP contribution is -2.44. The van der Waals surface area contributed by atoms with Crippen molar-refractivity contribution in [3.05, 3.63) is 0 Å². The van der Waals surface area contributed by atoms with E-state index in [1.807, 2.05) is 13.8 Å². The van der Waals surface area contributed by atoms with E-state index in [2.05, 4.69) is 33.9 Å². The standard InChI is InChI=1S/C14H28O5Si/c1-13(2,3)20(6,7)16-8-9-10-11(12(15)17-9)19-14(4,5)18-10/h9-12,15H,8H2,1-7H3/t9-,10-,11?,12-/m1/s1. The molecule has 2 rings (SSSR count). The minimum atomic E-state index is -1.83. The third kappa shape index (κ3) is 3.10. The Hall–Kier alpha value is 0.0169. The van der Waals surface area contributed by atoms with E-state index in [0.717, 1.165) is 0 Å². The van der Waals surface area contributed by atoms with Crippen LogP contribution in [0.5, 0.6) is 0 Å². The molecule has 0 aromatic heterocycles. The Bertz CT molecular complexity index is 363. The summed E-state index contributed by atoms with van der Waals surface area (Å²) >= 11 is 0. The van der Waals surface area contributed by atoms with Crippen molar-refractivity contribution in [2.75, 3.05) is 6.61 Å². The monoisotopic (exact) mass is 304 g/mol. The van der Waals surface area contributed by atoms with Crippen LogP contribution in [0.2, 0.25) is 18.1 Å². The second-order valence-electron chi connectivity index (χ2n) is 7.70. The van der Waals surface area contributed by atoms with Crippen molar-refractivity contribution in [3.8, 4) is 0 Å². The first-order valence-electron chi connectivity index (χ1n) is 7.26. The molecule has 2 fully saturated rings. The highest BCUT2D eigenvalue weighted by atomic mass is 28.4. The van der Waals surface area contributed by atoms with Crippen LogP contribution in [0.3, 0.4) is 0 Å². The molecular weight excluding hydrogens is 276 g/mol. The zero-order chi connectivity index (χ0) is 15.3. The molecule has 2 aliphatic heterocycles. The van der Waals surface area contributed by atoms with E-state index in [1.165, 1.54) is 0 Å². The molecule has 6 heteroatoms. The molecule has 2 aliphatic rings. The highest BCUT2D eigenvalue weighted by molar-refractivity contribution is 6.74. The maximum Gasteiger partial charge on any atom is 0.192 e. The molecule has 0 amide bonds. The average Bonchev–Trinajstić information content (AvgIpc) is 2.70. The Labute approximate surface area is 122 Å². The fourth-order valence-electron chi connectivity index (χ4n) is 2.30. The first kappa shape index (κ1) is 16.4. The fourth-order valence-corrected chi connectivity index (χ4v) is 3.31. The first-order valence-corrected chi connectivity index (χ1v) is 10.2. The van der Waals surface area contributed by atoms with Gasteiger partial charge >= 0.3 is 0 Å². The predicted molar refractivity (Wildman–Crippen MR) is 77.9 cm³/mol. The van der Waals surface area contributed by atoms with Crippen LogP contribution in [-0.2, 0) is 18.6 Å². The van der Waals surface area contributed by atoms with Crippen LogP contribution in [0.4, 0.5) is 0 Å². The molecule has 0 radical (unpaired) electrons. The van der Waals surface area contributed by atoms with Gasteiger partial charge in [-0.3, -0.25) is 0 Å². The molecule has 1 unspecified atom stereocenters. The third-order valence-electron chi connectivity index (χ3n) is 4.54. The van der Waals surface area contributed by atoms with Crippen LogP contribution in [-0.4, -0.2) is 50.4 Å². The summed E-state index contributed by atoms with van der Waals surface area (Å²) in [6, 6.07) is 0. The smallest absolute Gasteiger partial charge is 0.192 e. The molecule has 5 nitrogen and oxygen atoms in total. The molecule has 4 atom stereocenters. The van der Waals surface area contributed by atoms with E-state index < -0.39 is 26.5 Å². The fraction of sp³-hybridized carbons (Fsp3) is 1.00. The quantitative estimate of drug-likeness (QED) is 0.810. The topological polar surface area (TPSA) is 57.2 Å². The molecule has 20 heavy (non-hydrogen) atoms. The molecule has 0 aromatic carbocycles. The summed E-state index contributed by atoms with van der Waals surface area (Å²) < 4.78 is 23.2. The van der Waals surface area contributed by atoms with Crippen molar-refractivity contribution in [3.63, 3.8) is 0 Å². The number of hydrogen-bond acceptors (Lipinski definition) is 5. The Balaban J connectivity index is 1.98. The maximum absolute atomic E-state index is 9.92. The normalized spacial score (nSPS) is 37.2. The van der Waals surface area contributed by atoms with Gasteiger partial charge in [-0.2, -0.15) is 0 Å². The first-order chi connectivity index (χ1) is 8.93. The summed E-state index contributed by atoms with van der Waals surface area (Å²) in [6.07, 6.45) is -1.89. The lowest BCUT2D eigenvalue weighted by Gasteiger charge is -2.37. The van der Waals surface area contributed by atoms with Crippen molar-refractivity contribution >= 4 is 8.32 Å². The summed E-state index contributed by atoms with van der Waals surface area (Å²) in [7, 11) is -1.83. The van der Waals surface area contributed by atoms with Crippen molar-refractivity contribution in [2.24, 2.45) is 0 Å². The molecule has 0 aromatic rings. The summed E-state index contributed by atoms with van der Waals surface area (Å²) in [5.41, 5.74) is 0. The minimum absolute atomic E-state index is 0.149. The van der Waals surface area contributed by atoms with E-state index in [0.29, 0.717) is 6.61 Å². The second-order valence-corrected chi connectivity index (χ2v) is 12.5. The number of aliphatic hydroxyl groups excluding tert-OH is 1. The van der Waals surface area contributed by atoms with E-state index in [4.69, 9.17) is 18.6 Å². The van der Waals surface area contributed by atoms with Crippen molar-refractivity contribution in [1.29, 1.82) is 0 Å². The van der Waals surface area contributed by atoms with Gasteiger partial charge in [0.05, 0.1) is 6.61 Å². The Morgan fingerprint density at radius 2 is 1.70 bits per heavy atom. The van der Waals surface area contributed by atoms with Crippen molar-refractivity contribution in [1.82, 2.24) is 0 Å². The van der Waals surface area contributed by atoms with Crippen LogP contribution in [0.1, 0.15) is 34.6 Å². The molecule has 0 spiro atoms. The van der Waals surface area contributed by atoms with E-state index in [9.17, 15) is 5.11 Å². The summed E-state index contributed by atoms with van der Waals surface area (Å²) in [5, 5.41) is 10.1. The predicted octanol–water partition coefficient (Wildman–Crippen LogP) is 2.25. The lowest BCUT2D eigenvalue weighted by molar-refractivity contribution is -0.222. The SMILES string of the molecule is CC1(C)OC2[C@H](O)O[C@H](CO[Si](C)(C)C(C)(C)C)[C@H]2O1. The highest BCUT2D eigenvalue weighted by Crippen LogP contribution is 2.40. The van der Waals surface area contributed by atoms with Crippen molar-refractivity contribution < 1.29 is 23.7 Å². The van der Waals surface area contributed by atoms with Gasteiger partial charge in [0.1, 0.15) is 18.3 Å². The van der Waals surface area contributed by atoms with Gasteiger partial charge in [0, 0.05) is 0 Å². The minimum Gasteiger partial charge on any atom is -0.414 e. The number of aliphatic hydroxyl groups is 1. The molecule has 2 saturated heterocycles. The van der Waals surface area contributed by atoms with Crippen LogP contribution in [0.15, 0.2) is 0 Å². The van der Waals surface area contributed by atoms with Crippen LogP contribution in [0, 0.1) is 0 Å². The van der Waals surface area contributed by atoms with Gasteiger partial charge in [0.15, 0.2) is 20.4 Å². The number of ether oxygens (including phenoxy) is 3. The van der Waals surface area contributed by atoms with Gasteiger partial charge in [0.25, 0.3) is 0 Å². The zero-order valence-corrected chi connectivity index (χ0v) is 14.6. The molecule has 0 bridgehead atoms. The largest absolute Gasteiger partial charge is 0.414 e. The average molecular weight is 304 g/mol. The van der Waals surface area contributed by atoms with Gasteiger partial charge in [-0.15, -0.1) is 0 Å². The number of rotatable bonds is 3. The van der Waals surface area contributed by atoms with Crippen LogP contribution >= 0.6 is 0 Å². The summed E-state index contributed by atoms with van der Waals surface area (Å²) in [5.74, 6) is -0.671. The van der Waals surface area contributed by atoms with Crippen LogP contribution in [0.25, 0.3) is 0 Å². The third-order valence-corrected chi connectivity index (χ3v) is 9.04. The van der Waals surface area contributed by atoms with Gasteiger partial charge in [-0.05, 0) is 32.0 Å². The van der Waals surface area contributed by atoms with Crippen molar-refractivity contribution in [2.45, 2.75) is 83.1 Å². The molecule has 0 aliphatic carbocycles. The molecule has 118 valence electrons. The van der Waals surface area contributed by atoms with E-state index >= 15 is 0 Å². The van der Waals surface area contributed by atoms with E-state index in [1.54, 1.807) is 0 Å². The van der Waals surface area contributed by atoms with Gasteiger partial charge < -0.3 is 23.7 Å². The summed E-state index contributed by atoms with van der Waals surface area (Å²) in [6.45, 7) is 15.1. The van der Waals surface area contributed by atoms with Gasteiger partial charge in [-0.1, -0.05) is 20.8 Å². The maximum atomic E-state index is 9.92. The van der Waals surface area contributed by atoms with E-state index in [-0.39, 0.29) is 17.2 Å². The highest BCUT2D eigenvalue weighted by Gasteiger charge is 2.55. The zero-order valence-electron chi connectivity index (χ0n) is 13.6. The number of hydrogen-bond donors (Lipinski definition) is 1. The van der Waals surface area contributed by atoms with Gasteiger partial charge in [-0.25, -0.2) is 0 Å². The Kier molecular flexibility index (Phi) is 4.13. The Morgan fingerprint density at radius 3 is 2.25 bits per heavy atom. The second kappa shape index (κ2) is 5.03. The number of fused-ring (bicyclic) bond motifs is 1. The lowest BCUT2D eigenvalue weighted by atomic mass is 10.1. The molecule has 1 N–H and O–H groups in total. The molecule has 2 heterocycles. The molecule has 0 saturated carbocycles. The Morgan fingerprint density at radius 1 is 1.15 bits per heavy atom. The van der Waals surface area contributed by atoms with Gasteiger partial charge in [0.2, 0.25) is 0 Å². The summed E-state index contributed by atoms with van der Waals surface area (Å²) in [4.78, 5) is 0.